The summed E-state index contributed by atoms with van der Waals surface area (Å²) in [7, 11) is 1.60. The van der Waals surface area contributed by atoms with Gasteiger partial charge < -0.3 is 24.6 Å². The number of carbonyl (C=O) groups excluding carboxylic acids is 1. The number of benzene rings is 2. The predicted molar refractivity (Wildman–Crippen MR) is 162 cm³/mol. The van der Waals surface area contributed by atoms with Gasteiger partial charge in [-0.1, -0.05) is 12.1 Å². The number of aromatic nitrogens is 3. The molecule has 0 aliphatic carbocycles. The van der Waals surface area contributed by atoms with E-state index in [0.717, 1.165) is 23.3 Å². The molecule has 5 rings (SSSR count). The Morgan fingerprint density at radius 2 is 1.91 bits per heavy atom. The first-order chi connectivity index (χ1) is 20.9. The fraction of sp³-hybridized carbons (Fsp3) is 0.394. The molecule has 44 heavy (non-hydrogen) atoms. The summed E-state index contributed by atoms with van der Waals surface area (Å²) in [5, 5.41) is 17.8. The second-order valence-corrected chi connectivity index (χ2v) is 11.9. The zero-order valence-electron chi connectivity index (χ0n) is 25.8. The zero-order chi connectivity index (χ0) is 31.8. The summed E-state index contributed by atoms with van der Waals surface area (Å²) in [4.78, 5) is 30.5. The van der Waals surface area contributed by atoms with Crippen molar-refractivity contribution in [2.24, 2.45) is 0 Å². The van der Waals surface area contributed by atoms with Gasteiger partial charge in [0.15, 0.2) is 29.0 Å². The van der Waals surface area contributed by atoms with E-state index in [-0.39, 0.29) is 17.0 Å². The smallest absolute Gasteiger partial charge is 0.337 e. The van der Waals surface area contributed by atoms with Gasteiger partial charge in [-0.3, -0.25) is 4.79 Å². The molecule has 0 saturated carbocycles. The van der Waals surface area contributed by atoms with Crippen LogP contribution < -0.4 is 14.8 Å². The lowest BCUT2D eigenvalue weighted by Gasteiger charge is -2.28. The van der Waals surface area contributed by atoms with Crippen molar-refractivity contribution < 1.29 is 33.3 Å². The Labute approximate surface area is 255 Å². The molecule has 0 unspecified atom stereocenters. The number of carboxylic acids is 1. The number of rotatable bonds is 9. The molecule has 0 bridgehead atoms. The molecule has 2 N–H and O–H groups in total. The van der Waals surface area contributed by atoms with Crippen LogP contribution in [0, 0.1) is 19.7 Å². The van der Waals surface area contributed by atoms with Gasteiger partial charge in [0, 0.05) is 35.0 Å². The molecule has 2 aromatic heterocycles. The Balaban J connectivity index is 1.61. The minimum absolute atomic E-state index is 0.0908. The minimum Gasteiger partial charge on any atom is -0.497 e. The Morgan fingerprint density at radius 1 is 1.18 bits per heavy atom. The van der Waals surface area contributed by atoms with E-state index >= 15 is 4.39 Å². The van der Waals surface area contributed by atoms with Gasteiger partial charge in [0.05, 0.1) is 25.0 Å². The lowest BCUT2D eigenvalue weighted by molar-refractivity contribution is -0.160. The average molecular weight is 605 g/mol. The van der Waals surface area contributed by atoms with Crippen molar-refractivity contribution in [2.75, 3.05) is 20.3 Å². The first kappa shape index (κ1) is 30.9. The lowest BCUT2D eigenvalue weighted by atomic mass is 9.91. The Morgan fingerprint density at radius 3 is 2.57 bits per heavy atom. The molecule has 0 saturated heterocycles. The van der Waals surface area contributed by atoms with Crippen molar-refractivity contribution in [1.29, 1.82) is 0 Å². The monoisotopic (exact) mass is 604 g/mol. The summed E-state index contributed by atoms with van der Waals surface area (Å²) >= 11 is 0. The van der Waals surface area contributed by atoms with Gasteiger partial charge in [0.1, 0.15) is 5.75 Å². The number of nitrogens with one attached hydrogen (secondary N) is 1. The number of methoxy groups -OCH3 is 1. The normalized spacial score (nSPS) is 13.7. The quantitative estimate of drug-likeness (QED) is 0.260. The number of amides is 1. The van der Waals surface area contributed by atoms with Gasteiger partial charge in [-0.05, 0) is 83.2 Å². The second kappa shape index (κ2) is 12.2. The van der Waals surface area contributed by atoms with Gasteiger partial charge in [-0.2, -0.15) is 5.10 Å². The van der Waals surface area contributed by atoms with Crippen molar-refractivity contribution in [1.82, 2.24) is 19.9 Å². The molecule has 0 radical (unpaired) electrons. The Hall–Kier alpha value is -4.51. The average Bonchev–Trinajstić information content (AvgIpc) is 3.41. The number of fused-ring (bicyclic) bond motifs is 2. The highest BCUT2D eigenvalue weighted by atomic mass is 19.1. The highest BCUT2D eigenvalue weighted by molar-refractivity contribution is 5.93. The molecule has 11 heteroatoms. The summed E-state index contributed by atoms with van der Waals surface area (Å²) in [5.41, 5.74) is 3.37. The van der Waals surface area contributed by atoms with E-state index in [9.17, 15) is 14.7 Å². The van der Waals surface area contributed by atoms with Gasteiger partial charge in [-0.15, -0.1) is 0 Å². The van der Waals surface area contributed by atoms with Crippen LogP contribution in [0.5, 0.6) is 11.5 Å². The van der Waals surface area contributed by atoms with Crippen molar-refractivity contribution >= 4 is 17.5 Å². The summed E-state index contributed by atoms with van der Waals surface area (Å²) in [5.74, 6) is -1.24. The molecule has 0 fully saturated rings. The maximum absolute atomic E-state index is 15.5. The van der Waals surface area contributed by atoms with Crippen LogP contribution in [0.3, 0.4) is 0 Å². The molecular formula is C33H37FN4O6. The van der Waals surface area contributed by atoms with Crippen LogP contribution >= 0.6 is 0 Å². The summed E-state index contributed by atoms with van der Waals surface area (Å²) in [6.07, 6.45) is 0.483. The fourth-order valence-corrected chi connectivity index (χ4v) is 5.51. The maximum Gasteiger partial charge on any atom is 0.337 e. The standard InChI is InChI=1S/C33H37FN4O6/c1-18-22-8-7-15-43-29(22)24(34)16-23(18)28-27(30(32(40)41)44-33(3,4)5)19(2)36-26-17-25(37-38(26)28)31(39)35-14-13-20-9-11-21(42-6)12-10-20/h9-12,16-17,30H,7-8,13-15H2,1-6H3,(H,35,39)(H,40,41)/t30-/m0/s1. The summed E-state index contributed by atoms with van der Waals surface area (Å²) < 4.78 is 33.8. The number of carbonyl (C=O) groups is 2. The third-order valence-corrected chi connectivity index (χ3v) is 7.57. The third kappa shape index (κ3) is 6.23. The molecule has 10 nitrogen and oxygen atoms in total. The second-order valence-electron chi connectivity index (χ2n) is 11.9. The van der Waals surface area contributed by atoms with E-state index in [1.54, 1.807) is 34.8 Å². The third-order valence-electron chi connectivity index (χ3n) is 7.57. The first-order valence-electron chi connectivity index (χ1n) is 14.5. The predicted octanol–water partition coefficient (Wildman–Crippen LogP) is 5.40. The minimum atomic E-state index is -1.44. The van der Waals surface area contributed by atoms with E-state index in [0.29, 0.717) is 54.2 Å². The molecule has 0 spiro atoms. The van der Waals surface area contributed by atoms with E-state index in [1.165, 1.54) is 16.6 Å². The molecule has 3 heterocycles. The van der Waals surface area contributed by atoms with Crippen molar-refractivity contribution in [3.63, 3.8) is 0 Å². The molecule has 232 valence electrons. The van der Waals surface area contributed by atoms with E-state index in [2.05, 4.69) is 15.4 Å². The van der Waals surface area contributed by atoms with Crippen LogP contribution in [-0.4, -0.2) is 57.4 Å². The van der Waals surface area contributed by atoms with Crippen LogP contribution in [0.15, 0.2) is 36.4 Å². The van der Waals surface area contributed by atoms with Crippen LogP contribution in [0.25, 0.3) is 16.9 Å². The number of ether oxygens (including phenoxy) is 3. The Kier molecular flexibility index (Phi) is 8.60. The summed E-state index contributed by atoms with van der Waals surface area (Å²) in [6.45, 7) is 9.58. The number of hydrogen-bond donors (Lipinski definition) is 2. The summed E-state index contributed by atoms with van der Waals surface area (Å²) in [6, 6.07) is 10.5. The topological polar surface area (TPSA) is 124 Å². The van der Waals surface area contributed by atoms with E-state index < -0.39 is 29.4 Å². The van der Waals surface area contributed by atoms with Gasteiger partial charge in [-0.25, -0.2) is 18.7 Å². The molecule has 1 aliphatic heterocycles. The molecule has 1 aliphatic rings. The number of aryl methyl sites for hydroxylation is 1. The number of aliphatic carboxylic acids is 1. The van der Waals surface area contributed by atoms with Crippen LogP contribution in [0.1, 0.15) is 71.7 Å². The first-order valence-corrected chi connectivity index (χ1v) is 14.5. The van der Waals surface area contributed by atoms with E-state index in [4.69, 9.17) is 14.2 Å². The lowest BCUT2D eigenvalue weighted by Crippen LogP contribution is -2.29. The van der Waals surface area contributed by atoms with Crippen molar-refractivity contribution in [3.05, 3.63) is 75.9 Å². The van der Waals surface area contributed by atoms with Crippen LogP contribution in [0.2, 0.25) is 0 Å². The van der Waals surface area contributed by atoms with Crippen LogP contribution in [0.4, 0.5) is 4.39 Å². The van der Waals surface area contributed by atoms with Gasteiger partial charge >= 0.3 is 5.97 Å². The fourth-order valence-electron chi connectivity index (χ4n) is 5.51. The molecule has 1 amide bonds. The van der Waals surface area contributed by atoms with Gasteiger partial charge in [0.25, 0.3) is 5.91 Å². The number of halogens is 1. The largest absolute Gasteiger partial charge is 0.497 e. The number of nitrogens with zero attached hydrogens (tertiary/aromatic N) is 3. The number of carboxylic acid groups (broad SMARTS) is 1. The van der Waals surface area contributed by atoms with E-state index in [1.807, 2.05) is 31.2 Å². The maximum atomic E-state index is 15.5. The SMILES string of the molecule is COc1ccc(CCNC(=O)c2cc3nc(C)c([C@H](OC(C)(C)C)C(=O)O)c(-c4cc(F)c5c(c4C)CCCO5)n3n2)cc1. The molecule has 1 atom stereocenters. The Bertz CT molecular complexity index is 1730. The van der Waals surface area contributed by atoms with Crippen molar-refractivity contribution in [3.8, 4) is 22.8 Å². The molecule has 4 aromatic rings. The highest BCUT2D eigenvalue weighted by Crippen LogP contribution is 2.41. The zero-order valence-corrected chi connectivity index (χ0v) is 25.8. The molecule has 2 aromatic carbocycles. The van der Waals surface area contributed by atoms with Gasteiger partial charge in [0.2, 0.25) is 0 Å². The van der Waals surface area contributed by atoms with Crippen LogP contribution in [-0.2, 0) is 22.4 Å². The van der Waals surface area contributed by atoms with Crippen molar-refractivity contribution in [2.45, 2.75) is 65.6 Å². The molecular weight excluding hydrogens is 567 g/mol. The highest BCUT2D eigenvalue weighted by Gasteiger charge is 2.35. The number of hydrogen-bond acceptors (Lipinski definition) is 7.